The van der Waals surface area contributed by atoms with E-state index in [1.807, 2.05) is 0 Å². The highest BCUT2D eigenvalue weighted by atomic mass is 35.5. The lowest BCUT2D eigenvalue weighted by atomic mass is 10.0. The summed E-state index contributed by atoms with van der Waals surface area (Å²) in [7, 11) is -7.66. The highest BCUT2D eigenvalue weighted by Gasteiger charge is 2.37. The predicted octanol–water partition coefficient (Wildman–Crippen LogP) is 4.81. The van der Waals surface area contributed by atoms with E-state index in [1.54, 1.807) is 0 Å². The van der Waals surface area contributed by atoms with E-state index in [9.17, 15) is 46.7 Å². The number of carbonyl (C=O) groups is 2. The van der Waals surface area contributed by atoms with Gasteiger partial charge in [-0.1, -0.05) is 38.5 Å². The topological polar surface area (TPSA) is 253 Å². The molecule has 4 rings (SSSR count). The first-order chi connectivity index (χ1) is 21.9. The highest BCUT2D eigenvalue weighted by molar-refractivity contribution is 7.92. The number of nitrogens with two attached hydrogens (primary N) is 2. The molecule has 2 saturated carbocycles. The first-order valence-electron chi connectivity index (χ1n) is 14.8. The van der Waals surface area contributed by atoms with Crippen molar-refractivity contribution in [2.24, 2.45) is 16.5 Å². The summed E-state index contributed by atoms with van der Waals surface area (Å²) < 4.78 is 51.2. The fraction of sp³-hybridized carbons (Fsp3) is 0.483. The Morgan fingerprint density at radius 2 is 1.09 bits per heavy atom. The molecule has 0 spiro atoms. The van der Waals surface area contributed by atoms with Gasteiger partial charge in [0.25, 0.3) is 22.5 Å². The molecule has 2 aliphatic rings. The Balaban J connectivity index is 0.000000257. The standard InChI is InChI=1S/C15H20N4O5S.C14H16ClNO5S/c1-9-7-13(25(23,24)10-5-3-2-4-6-10)12(19(21)22)8-11(9)14(20)18-15(16)17;1-9-7-13(12(16(18)19)8-11(9)14(15)17)22(20,21)10-5-3-2-4-6-10/h7-8,10H,2-6H2,1H3,(H4,16,17,18,20);7-8,10H,2-6H2,1H3. The molecule has 18 heteroatoms. The molecular weight excluding hydrogens is 678 g/mol. The van der Waals surface area contributed by atoms with Crippen molar-refractivity contribution in [2.75, 3.05) is 0 Å². The smallest absolute Gasteiger partial charge is 0.288 e. The van der Waals surface area contributed by atoms with E-state index in [0.717, 1.165) is 56.7 Å². The molecule has 0 aromatic heterocycles. The average molecular weight is 714 g/mol. The van der Waals surface area contributed by atoms with Crippen LogP contribution in [0.4, 0.5) is 11.4 Å². The summed E-state index contributed by atoms with van der Waals surface area (Å²) in [6, 6.07) is 4.25. The Hall–Kier alpha value is -3.96. The molecule has 2 aromatic rings. The van der Waals surface area contributed by atoms with E-state index in [4.69, 9.17) is 23.1 Å². The quantitative estimate of drug-likeness (QED) is 0.123. The molecule has 0 aliphatic heterocycles. The third kappa shape index (κ3) is 8.70. The van der Waals surface area contributed by atoms with Crippen LogP contribution < -0.4 is 11.5 Å². The molecule has 1 amide bonds. The lowest BCUT2D eigenvalue weighted by molar-refractivity contribution is -0.388. The molecule has 2 aliphatic carbocycles. The molecule has 15 nitrogen and oxygen atoms in total. The average Bonchev–Trinajstić information content (AvgIpc) is 3.01. The van der Waals surface area contributed by atoms with E-state index < -0.39 is 68.5 Å². The summed E-state index contributed by atoms with van der Waals surface area (Å²) in [4.78, 5) is 47.0. The maximum Gasteiger partial charge on any atom is 0.288 e. The molecular formula is C29H36ClN5O10S2. The number of sulfone groups is 2. The van der Waals surface area contributed by atoms with Crippen molar-refractivity contribution in [3.8, 4) is 0 Å². The van der Waals surface area contributed by atoms with Crippen LogP contribution in [-0.4, -0.2) is 54.3 Å². The van der Waals surface area contributed by atoms with Gasteiger partial charge in [0.2, 0.25) is 0 Å². The monoisotopic (exact) mass is 713 g/mol. The van der Waals surface area contributed by atoms with Gasteiger partial charge in [0, 0.05) is 17.7 Å². The van der Waals surface area contributed by atoms with Gasteiger partial charge in [0.15, 0.2) is 25.6 Å². The van der Waals surface area contributed by atoms with E-state index in [1.165, 1.54) is 19.9 Å². The van der Waals surface area contributed by atoms with Crippen molar-refractivity contribution >= 4 is 59.8 Å². The zero-order valence-corrected chi connectivity index (χ0v) is 28.2. The van der Waals surface area contributed by atoms with Crippen LogP contribution in [0.25, 0.3) is 0 Å². The van der Waals surface area contributed by atoms with Gasteiger partial charge in [-0.2, -0.15) is 4.99 Å². The maximum absolute atomic E-state index is 12.9. The molecule has 0 bridgehead atoms. The highest BCUT2D eigenvalue weighted by Crippen LogP contribution is 2.36. The van der Waals surface area contributed by atoms with Gasteiger partial charge in [-0.25, -0.2) is 16.8 Å². The van der Waals surface area contributed by atoms with Crippen LogP contribution in [0.5, 0.6) is 0 Å². The predicted molar refractivity (Wildman–Crippen MR) is 174 cm³/mol. The normalized spacial score (nSPS) is 16.0. The van der Waals surface area contributed by atoms with Gasteiger partial charge in [0.05, 0.1) is 25.9 Å². The van der Waals surface area contributed by atoms with Crippen molar-refractivity contribution in [1.82, 2.24) is 0 Å². The molecule has 0 heterocycles. The van der Waals surface area contributed by atoms with Crippen molar-refractivity contribution in [1.29, 1.82) is 0 Å². The van der Waals surface area contributed by atoms with Gasteiger partial charge in [-0.15, -0.1) is 0 Å². The third-order valence-corrected chi connectivity index (χ3v) is 13.1. The number of benzene rings is 2. The SMILES string of the molecule is Cc1cc(S(=O)(=O)C2CCCCC2)c([N+](=O)[O-])cc1C(=O)Cl.Cc1cc(S(=O)(=O)C2CCCCC2)c([N+](=O)[O-])cc1C(=O)N=C(N)N. The number of carbonyl (C=O) groups excluding carboxylic acids is 2. The zero-order chi connectivity index (χ0) is 35.3. The molecule has 0 radical (unpaired) electrons. The van der Waals surface area contributed by atoms with Crippen LogP contribution in [-0.2, 0) is 19.7 Å². The number of halogens is 1. The van der Waals surface area contributed by atoms with Gasteiger partial charge in [-0.3, -0.25) is 29.8 Å². The molecule has 0 unspecified atom stereocenters. The fourth-order valence-corrected chi connectivity index (χ4v) is 10.2. The molecule has 2 fully saturated rings. The summed E-state index contributed by atoms with van der Waals surface area (Å²) in [5.74, 6) is -1.34. The van der Waals surface area contributed by atoms with E-state index in [-0.39, 0.29) is 26.5 Å². The molecule has 47 heavy (non-hydrogen) atoms. The molecule has 0 saturated heterocycles. The summed E-state index contributed by atoms with van der Waals surface area (Å²) in [5.41, 5.74) is 9.51. The summed E-state index contributed by atoms with van der Waals surface area (Å²) in [6.45, 7) is 3.00. The number of nitro groups is 2. The Kier molecular flexibility index (Phi) is 12.2. The van der Waals surface area contributed by atoms with Crippen LogP contribution in [0.15, 0.2) is 39.0 Å². The number of hydrogen-bond acceptors (Lipinski definition) is 10. The minimum Gasteiger partial charge on any atom is -0.370 e. The van der Waals surface area contributed by atoms with E-state index in [0.29, 0.717) is 31.2 Å². The molecule has 0 atom stereocenters. The third-order valence-electron chi connectivity index (χ3n) is 8.27. The maximum atomic E-state index is 12.9. The van der Waals surface area contributed by atoms with E-state index >= 15 is 0 Å². The number of amides is 1. The summed E-state index contributed by atoms with van der Waals surface area (Å²) in [5, 5.41) is 20.5. The van der Waals surface area contributed by atoms with Gasteiger partial charge < -0.3 is 11.5 Å². The van der Waals surface area contributed by atoms with Crippen LogP contribution in [0, 0.1) is 34.1 Å². The Morgan fingerprint density at radius 3 is 1.43 bits per heavy atom. The van der Waals surface area contributed by atoms with Crippen LogP contribution in [0.2, 0.25) is 0 Å². The first-order valence-corrected chi connectivity index (χ1v) is 18.3. The number of guanidine groups is 1. The van der Waals surface area contributed by atoms with Crippen LogP contribution in [0.3, 0.4) is 0 Å². The van der Waals surface area contributed by atoms with Crippen molar-refractivity contribution in [3.05, 3.63) is 66.7 Å². The van der Waals surface area contributed by atoms with Gasteiger partial charge in [-0.05, 0) is 74.4 Å². The molecule has 2 aromatic carbocycles. The number of rotatable bonds is 8. The van der Waals surface area contributed by atoms with Gasteiger partial charge >= 0.3 is 0 Å². The van der Waals surface area contributed by atoms with Crippen molar-refractivity contribution in [3.63, 3.8) is 0 Å². The van der Waals surface area contributed by atoms with Crippen molar-refractivity contribution < 1.29 is 36.3 Å². The Labute approximate surface area is 276 Å². The van der Waals surface area contributed by atoms with E-state index in [2.05, 4.69) is 4.99 Å². The van der Waals surface area contributed by atoms with Crippen LogP contribution in [0.1, 0.15) is 96.1 Å². The second kappa shape index (κ2) is 15.3. The number of nitro benzene ring substituents is 2. The minimum atomic E-state index is -3.86. The molecule has 256 valence electrons. The minimum absolute atomic E-state index is 0.0454. The summed E-state index contributed by atoms with van der Waals surface area (Å²) in [6.07, 6.45) is 7.06. The Morgan fingerprint density at radius 1 is 0.723 bits per heavy atom. The Bertz CT molecular complexity index is 1830. The second-order valence-electron chi connectivity index (χ2n) is 11.5. The van der Waals surface area contributed by atoms with Crippen molar-refractivity contribution in [2.45, 2.75) is 98.3 Å². The number of aryl methyl sites for hydroxylation is 2. The largest absolute Gasteiger partial charge is 0.370 e. The number of hydrogen-bond donors (Lipinski definition) is 2. The number of nitrogens with zero attached hydrogens (tertiary/aromatic N) is 3. The zero-order valence-electron chi connectivity index (χ0n) is 25.8. The fourth-order valence-electron chi connectivity index (χ4n) is 5.81. The van der Waals surface area contributed by atoms with Crippen LogP contribution >= 0.6 is 11.6 Å². The second-order valence-corrected chi connectivity index (χ2v) is 16.2. The van der Waals surface area contributed by atoms with Gasteiger partial charge in [0.1, 0.15) is 9.79 Å². The lowest BCUT2D eigenvalue weighted by Gasteiger charge is -2.22. The molecule has 4 N–H and O–H groups in total. The first kappa shape index (κ1) is 37.5. The number of aliphatic imine (C=N–C) groups is 1. The lowest BCUT2D eigenvalue weighted by Crippen LogP contribution is -2.25. The summed E-state index contributed by atoms with van der Waals surface area (Å²) >= 11 is 5.39.